The molecule has 1 fully saturated rings. The molecule has 1 nitrogen and oxygen atoms in total. The number of hydrogen-bond acceptors (Lipinski definition) is 1. The molecule has 2 aliphatic heterocycles. The number of fused-ring (bicyclic) bond motifs is 4. The highest BCUT2D eigenvalue weighted by Gasteiger charge is 2.35. The first-order valence-corrected chi connectivity index (χ1v) is 7.10. The van der Waals surface area contributed by atoms with Gasteiger partial charge in [-0.25, -0.2) is 0 Å². The zero-order valence-corrected chi connectivity index (χ0v) is 10.6. The van der Waals surface area contributed by atoms with Gasteiger partial charge in [0.1, 0.15) is 0 Å². The monoisotopic (exact) mass is 237 g/mol. The van der Waals surface area contributed by atoms with Crippen LogP contribution in [0.5, 0.6) is 0 Å². The van der Waals surface area contributed by atoms with E-state index in [2.05, 4.69) is 53.5 Å². The van der Waals surface area contributed by atoms with Crippen LogP contribution >= 0.6 is 0 Å². The van der Waals surface area contributed by atoms with Gasteiger partial charge >= 0.3 is 0 Å². The number of allylic oxidation sites excluding steroid dienone is 8. The molecule has 0 bridgehead atoms. The minimum absolute atomic E-state index is 0.622. The highest BCUT2D eigenvalue weighted by molar-refractivity contribution is 5.39. The summed E-state index contributed by atoms with van der Waals surface area (Å²) >= 11 is 0. The van der Waals surface area contributed by atoms with E-state index in [0.717, 1.165) is 11.8 Å². The third kappa shape index (κ3) is 1.53. The first kappa shape index (κ1) is 10.4. The van der Waals surface area contributed by atoms with Gasteiger partial charge in [0.05, 0.1) is 0 Å². The smallest absolute Gasteiger partial charge is 0.0247 e. The maximum absolute atomic E-state index is 2.63. The molecule has 92 valence electrons. The minimum atomic E-state index is 0.622. The Morgan fingerprint density at radius 3 is 3.06 bits per heavy atom. The minimum Gasteiger partial charge on any atom is -0.374 e. The maximum Gasteiger partial charge on any atom is 0.0247 e. The average molecular weight is 237 g/mol. The summed E-state index contributed by atoms with van der Waals surface area (Å²) in [6.45, 7) is 2.46. The summed E-state index contributed by atoms with van der Waals surface area (Å²) in [6.07, 6.45) is 21.0. The molecular formula is C17H19N. The zero-order chi connectivity index (χ0) is 11.9. The van der Waals surface area contributed by atoms with Gasteiger partial charge in [-0.05, 0) is 30.4 Å². The van der Waals surface area contributed by atoms with Crippen LogP contribution in [0.4, 0.5) is 0 Å². The lowest BCUT2D eigenvalue weighted by Gasteiger charge is -2.45. The van der Waals surface area contributed by atoms with Crippen LogP contribution in [0, 0.1) is 17.8 Å². The molecule has 3 unspecified atom stereocenters. The van der Waals surface area contributed by atoms with Crippen LogP contribution in [0.15, 0.2) is 59.9 Å². The summed E-state index contributed by atoms with van der Waals surface area (Å²) in [6, 6.07) is 0. The van der Waals surface area contributed by atoms with Crippen molar-refractivity contribution in [3.8, 4) is 0 Å². The van der Waals surface area contributed by atoms with Crippen molar-refractivity contribution in [1.82, 2.24) is 4.90 Å². The SMILES string of the molecule is C1=CCC2CN3CCC4C=CC=CC4C3=CC2=C1. The molecule has 4 rings (SSSR count). The molecule has 0 N–H and O–H groups in total. The van der Waals surface area contributed by atoms with Crippen molar-refractivity contribution in [2.24, 2.45) is 17.8 Å². The van der Waals surface area contributed by atoms with Gasteiger partial charge in [0.2, 0.25) is 0 Å². The molecule has 4 aliphatic rings. The number of rotatable bonds is 0. The Morgan fingerprint density at radius 2 is 2.06 bits per heavy atom. The molecule has 0 aromatic rings. The van der Waals surface area contributed by atoms with E-state index in [1.54, 1.807) is 11.3 Å². The van der Waals surface area contributed by atoms with E-state index in [4.69, 9.17) is 0 Å². The van der Waals surface area contributed by atoms with Crippen molar-refractivity contribution >= 4 is 0 Å². The van der Waals surface area contributed by atoms with Crippen LogP contribution in [0.3, 0.4) is 0 Å². The summed E-state index contributed by atoms with van der Waals surface area (Å²) < 4.78 is 0. The fourth-order valence-electron chi connectivity index (χ4n) is 3.75. The van der Waals surface area contributed by atoms with Crippen LogP contribution in [0.1, 0.15) is 12.8 Å². The van der Waals surface area contributed by atoms with Crippen molar-refractivity contribution < 1.29 is 0 Å². The molecule has 3 atom stereocenters. The number of nitrogens with zero attached hydrogens (tertiary/aromatic N) is 1. The number of hydrogen-bond donors (Lipinski definition) is 0. The summed E-state index contributed by atoms with van der Waals surface area (Å²) in [4.78, 5) is 2.63. The second kappa shape index (κ2) is 4.01. The predicted octanol–water partition coefficient (Wildman–Crippen LogP) is 3.45. The average Bonchev–Trinajstić information content (AvgIpc) is 2.45. The lowest BCUT2D eigenvalue weighted by Crippen LogP contribution is -2.43. The van der Waals surface area contributed by atoms with Crippen molar-refractivity contribution in [3.05, 3.63) is 59.9 Å². The van der Waals surface area contributed by atoms with Gasteiger partial charge in [0.25, 0.3) is 0 Å². The van der Waals surface area contributed by atoms with Gasteiger partial charge < -0.3 is 4.90 Å². The second-order valence-electron chi connectivity index (χ2n) is 5.79. The summed E-state index contributed by atoms with van der Waals surface area (Å²) in [5.41, 5.74) is 3.11. The van der Waals surface area contributed by atoms with Gasteiger partial charge in [-0.2, -0.15) is 0 Å². The van der Waals surface area contributed by atoms with Gasteiger partial charge in [-0.3, -0.25) is 0 Å². The molecule has 0 spiro atoms. The van der Waals surface area contributed by atoms with Crippen LogP contribution < -0.4 is 0 Å². The van der Waals surface area contributed by atoms with E-state index >= 15 is 0 Å². The summed E-state index contributed by atoms with van der Waals surface area (Å²) in [5, 5.41) is 0. The summed E-state index contributed by atoms with van der Waals surface area (Å²) in [5.74, 6) is 2.09. The van der Waals surface area contributed by atoms with E-state index in [-0.39, 0.29) is 0 Å². The Labute approximate surface area is 109 Å². The predicted molar refractivity (Wildman–Crippen MR) is 74.9 cm³/mol. The highest BCUT2D eigenvalue weighted by Crippen LogP contribution is 2.41. The lowest BCUT2D eigenvalue weighted by molar-refractivity contribution is 0.198. The van der Waals surface area contributed by atoms with E-state index in [0.29, 0.717) is 5.92 Å². The molecule has 18 heavy (non-hydrogen) atoms. The first-order valence-electron chi connectivity index (χ1n) is 7.10. The Kier molecular flexibility index (Phi) is 2.32. The van der Waals surface area contributed by atoms with Gasteiger partial charge in [0.15, 0.2) is 0 Å². The molecule has 2 aliphatic carbocycles. The van der Waals surface area contributed by atoms with Crippen molar-refractivity contribution in [1.29, 1.82) is 0 Å². The zero-order valence-electron chi connectivity index (χ0n) is 10.6. The number of piperidine rings is 1. The Morgan fingerprint density at radius 1 is 1.11 bits per heavy atom. The van der Waals surface area contributed by atoms with Crippen LogP contribution in [0.25, 0.3) is 0 Å². The largest absolute Gasteiger partial charge is 0.374 e. The van der Waals surface area contributed by atoms with E-state index < -0.39 is 0 Å². The molecular weight excluding hydrogens is 218 g/mol. The van der Waals surface area contributed by atoms with Gasteiger partial charge in [-0.1, -0.05) is 42.5 Å². The Bertz CT molecular complexity index is 504. The molecule has 0 aromatic carbocycles. The summed E-state index contributed by atoms with van der Waals surface area (Å²) in [7, 11) is 0. The molecule has 0 amide bonds. The molecule has 0 aromatic heterocycles. The van der Waals surface area contributed by atoms with Gasteiger partial charge in [0, 0.05) is 30.6 Å². The maximum atomic E-state index is 2.63. The van der Waals surface area contributed by atoms with Gasteiger partial charge in [-0.15, -0.1) is 0 Å². The van der Waals surface area contributed by atoms with E-state index in [1.165, 1.54) is 25.9 Å². The first-order chi connectivity index (χ1) is 8.92. The van der Waals surface area contributed by atoms with Crippen molar-refractivity contribution in [2.75, 3.05) is 13.1 Å². The van der Waals surface area contributed by atoms with Crippen molar-refractivity contribution in [3.63, 3.8) is 0 Å². The molecule has 0 saturated carbocycles. The second-order valence-corrected chi connectivity index (χ2v) is 5.79. The normalized spacial score (nSPS) is 36.4. The van der Waals surface area contributed by atoms with E-state index in [1.807, 2.05) is 0 Å². The standard InChI is InChI=1S/C17H19N/c1-2-7-15-12-18-10-9-13-5-3-4-8-16(13)17(18)11-14(15)6-1/h1-6,8,11,13,15-16H,7,9-10,12H2. The van der Waals surface area contributed by atoms with Crippen LogP contribution in [-0.4, -0.2) is 18.0 Å². The Balaban J connectivity index is 1.73. The highest BCUT2D eigenvalue weighted by atomic mass is 15.2. The fraction of sp³-hybridized carbons (Fsp3) is 0.412. The lowest BCUT2D eigenvalue weighted by atomic mass is 9.76. The molecule has 2 heterocycles. The van der Waals surface area contributed by atoms with E-state index in [9.17, 15) is 0 Å². The third-order valence-corrected chi connectivity index (χ3v) is 4.76. The fourth-order valence-corrected chi connectivity index (χ4v) is 3.75. The molecule has 1 saturated heterocycles. The van der Waals surface area contributed by atoms with Crippen molar-refractivity contribution in [2.45, 2.75) is 12.8 Å². The van der Waals surface area contributed by atoms with Crippen LogP contribution in [-0.2, 0) is 0 Å². The topological polar surface area (TPSA) is 3.24 Å². The molecule has 1 heteroatoms. The quantitative estimate of drug-likeness (QED) is 0.623. The van der Waals surface area contributed by atoms with Crippen LogP contribution in [0.2, 0.25) is 0 Å². The molecule has 0 radical (unpaired) electrons. The third-order valence-electron chi connectivity index (χ3n) is 4.76. The Hall–Kier alpha value is -1.50.